The zero-order chi connectivity index (χ0) is 13.7. The largest absolute Gasteiger partial charge is 0.368 e. The Kier molecular flexibility index (Phi) is 5.20. The van der Waals surface area contributed by atoms with Crippen LogP contribution < -0.4 is 10.2 Å². The van der Waals surface area contributed by atoms with Gasteiger partial charge in [-0.05, 0) is 39.3 Å². The predicted octanol–water partition coefficient (Wildman–Crippen LogP) is 3.27. The highest BCUT2D eigenvalue weighted by atomic mass is 15.2. The van der Waals surface area contributed by atoms with Crippen LogP contribution in [0.3, 0.4) is 0 Å². The summed E-state index contributed by atoms with van der Waals surface area (Å²) in [6.07, 6.45) is 7.40. The maximum absolute atomic E-state index is 4.47. The van der Waals surface area contributed by atoms with Gasteiger partial charge in [-0.1, -0.05) is 19.8 Å². The number of hydrogen-bond acceptors (Lipinski definition) is 3. The minimum atomic E-state index is 0.643. The molecular weight excluding hydrogens is 234 g/mol. The molecule has 2 rings (SSSR count). The first-order valence-electron chi connectivity index (χ1n) is 7.65. The number of nitrogens with zero attached hydrogens (tertiary/aromatic N) is 2. The molecule has 0 radical (unpaired) electrons. The lowest BCUT2D eigenvalue weighted by atomic mass is 10.1. The van der Waals surface area contributed by atoms with Crippen molar-refractivity contribution in [3.05, 3.63) is 23.5 Å². The van der Waals surface area contributed by atoms with Gasteiger partial charge in [-0.25, -0.2) is 0 Å². The Morgan fingerprint density at radius 2 is 2.21 bits per heavy atom. The third-order valence-electron chi connectivity index (χ3n) is 4.03. The second-order valence-corrected chi connectivity index (χ2v) is 5.63. The van der Waals surface area contributed by atoms with Crippen LogP contribution in [0.15, 0.2) is 12.3 Å². The number of pyridine rings is 1. The highest BCUT2D eigenvalue weighted by Gasteiger charge is 2.19. The van der Waals surface area contributed by atoms with E-state index in [1.54, 1.807) is 0 Å². The zero-order valence-corrected chi connectivity index (χ0v) is 12.6. The van der Waals surface area contributed by atoms with Crippen LogP contribution in [-0.2, 0) is 6.54 Å². The fraction of sp³-hybridized carbons (Fsp3) is 0.688. The molecule has 3 nitrogen and oxygen atoms in total. The molecule has 0 amide bonds. The highest BCUT2D eigenvalue weighted by Crippen LogP contribution is 2.27. The molecule has 0 bridgehead atoms. The van der Waals surface area contributed by atoms with Crippen LogP contribution in [0.4, 0.5) is 5.69 Å². The molecule has 0 aromatic carbocycles. The van der Waals surface area contributed by atoms with Crippen molar-refractivity contribution in [2.75, 3.05) is 18.0 Å². The van der Waals surface area contributed by atoms with E-state index in [1.807, 2.05) is 6.20 Å². The quantitative estimate of drug-likeness (QED) is 0.901. The summed E-state index contributed by atoms with van der Waals surface area (Å²) in [6, 6.07) is 2.90. The Balaban J connectivity index is 2.26. The molecule has 1 aliphatic heterocycles. The van der Waals surface area contributed by atoms with Crippen molar-refractivity contribution < 1.29 is 0 Å². The maximum atomic E-state index is 4.47. The average Bonchev–Trinajstić information content (AvgIpc) is 2.62. The van der Waals surface area contributed by atoms with Crippen LogP contribution in [0, 0.1) is 6.92 Å². The Labute approximate surface area is 117 Å². The second-order valence-electron chi connectivity index (χ2n) is 5.63. The zero-order valence-electron chi connectivity index (χ0n) is 12.6. The molecular formula is C16H27N3. The van der Waals surface area contributed by atoms with Gasteiger partial charge in [-0.2, -0.15) is 0 Å². The van der Waals surface area contributed by atoms with Gasteiger partial charge in [-0.15, -0.1) is 0 Å². The molecule has 0 aliphatic carbocycles. The van der Waals surface area contributed by atoms with Crippen molar-refractivity contribution in [3.63, 3.8) is 0 Å². The maximum Gasteiger partial charge on any atom is 0.0447 e. The van der Waals surface area contributed by atoms with E-state index in [9.17, 15) is 0 Å². The summed E-state index contributed by atoms with van der Waals surface area (Å²) in [7, 11) is 0. The van der Waals surface area contributed by atoms with Crippen molar-refractivity contribution in [2.24, 2.45) is 0 Å². The Hall–Kier alpha value is -1.09. The van der Waals surface area contributed by atoms with E-state index in [4.69, 9.17) is 0 Å². The van der Waals surface area contributed by atoms with E-state index < -0.39 is 0 Å². The van der Waals surface area contributed by atoms with Crippen LogP contribution in [0.2, 0.25) is 0 Å². The number of aryl methyl sites for hydroxylation is 1. The molecule has 1 N–H and O–H groups in total. The van der Waals surface area contributed by atoms with E-state index in [2.05, 4.69) is 42.0 Å². The first-order valence-corrected chi connectivity index (χ1v) is 7.65. The molecule has 1 unspecified atom stereocenters. The molecule has 3 heteroatoms. The highest BCUT2D eigenvalue weighted by molar-refractivity contribution is 5.54. The van der Waals surface area contributed by atoms with Crippen molar-refractivity contribution in [1.29, 1.82) is 0 Å². The van der Waals surface area contributed by atoms with Gasteiger partial charge in [0.15, 0.2) is 0 Å². The lowest BCUT2D eigenvalue weighted by Crippen LogP contribution is -2.34. The van der Waals surface area contributed by atoms with Gasteiger partial charge in [0.1, 0.15) is 0 Å². The Bertz CT molecular complexity index is 403. The standard InChI is InChI=1S/C16H27N3/c1-4-17-11-15-12-18-13(2)10-16(15)19-9-7-5-6-8-14(19)3/h10,12,14,17H,4-9,11H2,1-3H3. The first kappa shape index (κ1) is 14.3. The lowest BCUT2D eigenvalue weighted by Gasteiger charge is -2.31. The third kappa shape index (κ3) is 3.69. The van der Waals surface area contributed by atoms with E-state index in [1.165, 1.54) is 43.5 Å². The monoisotopic (exact) mass is 261 g/mol. The molecule has 1 aliphatic rings. The van der Waals surface area contributed by atoms with Crippen LogP contribution in [0.5, 0.6) is 0 Å². The van der Waals surface area contributed by atoms with Gasteiger partial charge in [0.2, 0.25) is 0 Å². The molecule has 1 aromatic rings. The molecule has 1 fully saturated rings. The summed E-state index contributed by atoms with van der Waals surface area (Å²) >= 11 is 0. The topological polar surface area (TPSA) is 28.2 Å². The Morgan fingerprint density at radius 3 is 3.00 bits per heavy atom. The summed E-state index contributed by atoms with van der Waals surface area (Å²) in [4.78, 5) is 7.06. The van der Waals surface area contributed by atoms with Crippen molar-refractivity contribution in [3.8, 4) is 0 Å². The van der Waals surface area contributed by atoms with E-state index in [0.29, 0.717) is 6.04 Å². The van der Waals surface area contributed by atoms with Crippen molar-refractivity contribution in [1.82, 2.24) is 10.3 Å². The van der Waals surface area contributed by atoms with E-state index >= 15 is 0 Å². The minimum absolute atomic E-state index is 0.643. The van der Waals surface area contributed by atoms with Crippen LogP contribution in [0.25, 0.3) is 0 Å². The summed E-state index contributed by atoms with van der Waals surface area (Å²) in [5.74, 6) is 0. The number of aromatic nitrogens is 1. The van der Waals surface area contributed by atoms with Gasteiger partial charge in [0.05, 0.1) is 0 Å². The number of hydrogen-bond donors (Lipinski definition) is 1. The van der Waals surface area contributed by atoms with E-state index in [-0.39, 0.29) is 0 Å². The fourth-order valence-corrected chi connectivity index (χ4v) is 2.87. The lowest BCUT2D eigenvalue weighted by molar-refractivity contribution is 0.611. The Morgan fingerprint density at radius 1 is 1.37 bits per heavy atom. The van der Waals surface area contributed by atoms with Gasteiger partial charge in [0.25, 0.3) is 0 Å². The normalized spacial score (nSPS) is 20.4. The first-order chi connectivity index (χ1) is 9.22. The van der Waals surface area contributed by atoms with Gasteiger partial charge >= 0.3 is 0 Å². The molecule has 1 aromatic heterocycles. The smallest absolute Gasteiger partial charge is 0.0447 e. The van der Waals surface area contributed by atoms with Gasteiger partial charge in [0, 0.05) is 42.3 Å². The van der Waals surface area contributed by atoms with Gasteiger partial charge in [-0.3, -0.25) is 4.98 Å². The third-order valence-corrected chi connectivity index (χ3v) is 4.03. The van der Waals surface area contributed by atoms with E-state index in [0.717, 1.165) is 18.8 Å². The van der Waals surface area contributed by atoms with Crippen molar-refractivity contribution in [2.45, 2.75) is 59.0 Å². The summed E-state index contributed by atoms with van der Waals surface area (Å²) in [6.45, 7) is 9.70. The molecule has 2 heterocycles. The molecule has 0 saturated carbocycles. The number of rotatable bonds is 4. The molecule has 0 spiro atoms. The predicted molar refractivity (Wildman–Crippen MR) is 81.6 cm³/mol. The van der Waals surface area contributed by atoms with Gasteiger partial charge < -0.3 is 10.2 Å². The number of anilines is 1. The average molecular weight is 261 g/mol. The summed E-state index contributed by atoms with van der Waals surface area (Å²) in [5, 5.41) is 3.43. The molecule has 19 heavy (non-hydrogen) atoms. The fourth-order valence-electron chi connectivity index (χ4n) is 2.87. The second kappa shape index (κ2) is 6.90. The van der Waals surface area contributed by atoms with Crippen LogP contribution >= 0.6 is 0 Å². The molecule has 106 valence electrons. The summed E-state index contributed by atoms with van der Waals surface area (Å²) < 4.78 is 0. The van der Waals surface area contributed by atoms with Crippen LogP contribution in [-0.4, -0.2) is 24.1 Å². The number of nitrogens with one attached hydrogen (secondary N) is 1. The summed E-state index contributed by atoms with van der Waals surface area (Å²) in [5.41, 5.74) is 3.84. The SMILES string of the molecule is CCNCc1cnc(C)cc1N1CCCCCC1C. The molecule has 1 atom stereocenters. The van der Waals surface area contributed by atoms with Crippen LogP contribution in [0.1, 0.15) is 50.8 Å². The van der Waals surface area contributed by atoms with Crippen molar-refractivity contribution >= 4 is 5.69 Å². The molecule has 1 saturated heterocycles. The minimum Gasteiger partial charge on any atom is -0.368 e.